The average Bonchev–Trinajstić information content (AvgIpc) is 3.29. The van der Waals surface area contributed by atoms with Crippen LogP contribution in [0.5, 0.6) is 0 Å². The summed E-state index contributed by atoms with van der Waals surface area (Å²) in [6.07, 6.45) is 2.13. The maximum absolute atomic E-state index is 14.3. The predicted molar refractivity (Wildman–Crippen MR) is 138 cm³/mol. The minimum absolute atomic E-state index is 0.0411. The molecule has 0 saturated heterocycles. The number of hydrogen-bond donors (Lipinski definition) is 0. The van der Waals surface area contributed by atoms with E-state index in [1.807, 2.05) is 48.5 Å². The molecule has 0 fully saturated rings. The maximum Gasteiger partial charge on any atom is 0.291 e. The minimum atomic E-state index is -1.64. The van der Waals surface area contributed by atoms with Gasteiger partial charge in [-0.3, -0.25) is 14.4 Å². The van der Waals surface area contributed by atoms with Crippen LogP contribution in [0.2, 0.25) is 5.02 Å². The standard InChI is InChI=1S/C29H21ClN2O4/c1-2-15-31-22-11-7-6-10-21(22)29(28(31)35)24-25(33)20-17-19(30)12-13-23(20)36-26(24)27(34)32(29)16-14-18-8-4-3-5-9-18/h2-13,17H,1,14-16H2. The fourth-order valence-electron chi connectivity index (χ4n) is 5.46. The highest BCUT2D eigenvalue weighted by Crippen LogP contribution is 2.52. The second-order valence-electron chi connectivity index (χ2n) is 8.90. The molecule has 1 unspecified atom stereocenters. The van der Waals surface area contributed by atoms with Crippen molar-refractivity contribution in [1.29, 1.82) is 0 Å². The molecule has 2 aliphatic rings. The van der Waals surface area contributed by atoms with Gasteiger partial charge in [-0.2, -0.15) is 0 Å². The normalized spacial score (nSPS) is 18.2. The lowest BCUT2D eigenvalue weighted by molar-refractivity contribution is -0.125. The molecule has 2 aliphatic heterocycles. The Labute approximate surface area is 212 Å². The van der Waals surface area contributed by atoms with Crippen LogP contribution in [0.4, 0.5) is 5.69 Å². The molecular weight excluding hydrogens is 476 g/mol. The van der Waals surface area contributed by atoms with Gasteiger partial charge in [-0.25, -0.2) is 0 Å². The lowest BCUT2D eigenvalue weighted by Crippen LogP contribution is -2.54. The zero-order valence-corrected chi connectivity index (χ0v) is 20.0. The van der Waals surface area contributed by atoms with Crippen LogP contribution < -0.4 is 10.3 Å². The summed E-state index contributed by atoms with van der Waals surface area (Å²) in [7, 11) is 0. The van der Waals surface area contributed by atoms with Gasteiger partial charge in [0.2, 0.25) is 5.76 Å². The van der Waals surface area contributed by atoms with E-state index in [4.69, 9.17) is 16.0 Å². The van der Waals surface area contributed by atoms with Crippen LogP contribution in [-0.4, -0.2) is 29.8 Å². The van der Waals surface area contributed by atoms with Crippen molar-refractivity contribution in [2.75, 3.05) is 18.0 Å². The van der Waals surface area contributed by atoms with Crippen molar-refractivity contribution in [2.45, 2.75) is 12.0 Å². The fraction of sp³-hybridized carbons (Fsp3) is 0.138. The Morgan fingerprint density at radius 2 is 1.72 bits per heavy atom. The number of hydrogen-bond acceptors (Lipinski definition) is 4. The molecule has 4 aromatic rings. The third kappa shape index (κ3) is 2.94. The number of para-hydroxylation sites is 1. The number of carbonyl (C=O) groups is 2. The van der Waals surface area contributed by atoms with Crippen molar-refractivity contribution in [3.8, 4) is 0 Å². The van der Waals surface area contributed by atoms with E-state index in [0.29, 0.717) is 22.7 Å². The van der Waals surface area contributed by atoms with Gasteiger partial charge in [0.1, 0.15) is 5.58 Å². The summed E-state index contributed by atoms with van der Waals surface area (Å²) in [4.78, 5) is 45.4. The summed E-state index contributed by atoms with van der Waals surface area (Å²) in [5, 5.41) is 0.589. The molecule has 6 rings (SSSR count). The van der Waals surface area contributed by atoms with Crippen molar-refractivity contribution in [2.24, 2.45) is 0 Å². The quantitative estimate of drug-likeness (QED) is 0.368. The number of nitrogens with zero attached hydrogens (tertiary/aromatic N) is 2. The molecule has 0 aliphatic carbocycles. The SMILES string of the molecule is C=CCN1C(=O)C2(c3ccccc31)c1c(oc3ccc(Cl)cc3c1=O)C(=O)N2CCc1ccccc1. The van der Waals surface area contributed by atoms with Gasteiger partial charge in [-0.1, -0.05) is 66.2 Å². The summed E-state index contributed by atoms with van der Waals surface area (Å²) in [5.74, 6) is -0.970. The van der Waals surface area contributed by atoms with E-state index >= 15 is 0 Å². The maximum atomic E-state index is 14.3. The number of anilines is 1. The highest BCUT2D eigenvalue weighted by atomic mass is 35.5. The summed E-state index contributed by atoms with van der Waals surface area (Å²) >= 11 is 6.20. The van der Waals surface area contributed by atoms with Crippen molar-refractivity contribution in [3.63, 3.8) is 0 Å². The molecule has 0 saturated carbocycles. The Morgan fingerprint density at radius 1 is 0.972 bits per heavy atom. The van der Waals surface area contributed by atoms with Gasteiger partial charge in [0, 0.05) is 23.7 Å². The van der Waals surface area contributed by atoms with Gasteiger partial charge in [0.25, 0.3) is 11.8 Å². The number of halogens is 1. The first-order valence-electron chi connectivity index (χ1n) is 11.6. The zero-order chi connectivity index (χ0) is 25.0. The number of benzene rings is 3. The molecule has 0 N–H and O–H groups in total. The van der Waals surface area contributed by atoms with E-state index < -0.39 is 16.9 Å². The van der Waals surface area contributed by atoms with E-state index in [2.05, 4.69) is 6.58 Å². The van der Waals surface area contributed by atoms with Crippen molar-refractivity contribution in [1.82, 2.24) is 4.90 Å². The smallest absolute Gasteiger partial charge is 0.291 e. The largest absolute Gasteiger partial charge is 0.450 e. The van der Waals surface area contributed by atoms with Crippen LogP contribution in [0.3, 0.4) is 0 Å². The molecule has 178 valence electrons. The average molecular weight is 497 g/mol. The van der Waals surface area contributed by atoms with Crippen LogP contribution in [-0.2, 0) is 16.8 Å². The molecule has 36 heavy (non-hydrogen) atoms. The highest BCUT2D eigenvalue weighted by Gasteiger charge is 2.64. The Kier molecular flexibility index (Phi) is 5.09. The molecule has 0 radical (unpaired) electrons. The third-order valence-electron chi connectivity index (χ3n) is 6.98. The molecule has 3 heterocycles. The first-order chi connectivity index (χ1) is 17.5. The van der Waals surface area contributed by atoms with Gasteiger partial charge in [-0.15, -0.1) is 6.58 Å². The van der Waals surface area contributed by atoms with Crippen LogP contribution in [0, 0.1) is 0 Å². The second-order valence-corrected chi connectivity index (χ2v) is 9.34. The van der Waals surface area contributed by atoms with Gasteiger partial charge in [-0.05, 0) is 36.2 Å². The van der Waals surface area contributed by atoms with Crippen LogP contribution in [0.25, 0.3) is 11.0 Å². The van der Waals surface area contributed by atoms with Crippen LogP contribution in [0.1, 0.15) is 27.2 Å². The highest BCUT2D eigenvalue weighted by molar-refractivity contribution is 6.31. The monoisotopic (exact) mass is 496 g/mol. The molecule has 1 spiro atoms. The summed E-state index contributed by atoms with van der Waals surface area (Å²) in [6.45, 7) is 4.25. The number of rotatable bonds is 5. The van der Waals surface area contributed by atoms with Crippen molar-refractivity contribution >= 4 is 40.1 Å². The molecule has 1 atom stereocenters. The Hall–Kier alpha value is -4.16. The van der Waals surface area contributed by atoms with Crippen LogP contribution in [0.15, 0.2) is 94.7 Å². The topological polar surface area (TPSA) is 70.8 Å². The van der Waals surface area contributed by atoms with Crippen molar-refractivity contribution in [3.05, 3.63) is 123 Å². The number of amides is 2. The molecule has 6 nitrogen and oxygen atoms in total. The van der Waals surface area contributed by atoms with Gasteiger partial charge >= 0.3 is 0 Å². The minimum Gasteiger partial charge on any atom is -0.450 e. The van der Waals surface area contributed by atoms with E-state index in [1.165, 1.54) is 11.0 Å². The van der Waals surface area contributed by atoms with E-state index in [9.17, 15) is 14.4 Å². The lowest BCUT2D eigenvalue weighted by atomic mass is 9.83. The molecule has 1 aromatic heterocycles. The van der Waals surface area contributed by atoms with E-state index in [-0.39, 0.29) is 41.3 Å². The predicted octanol–water partition coefficient (Wildman–Crippen LogP) is 4.92. The third-order valence-corrected chi connectivity index (χ3v) is 7.21. The van der Waals surface area contributed by atoms with Crippen LogP contribution >= 0.6 is 11.6 Å². The molecular formula is C29H21ClN2O4. The molecule has 7 heteroatoms. The molecule has 3 aromatic carbocycles. The first-order valence-corrected chi connectivity index (χ1v) is 12.0. The number of carbonyl (C=O) groups excluding carboxylic acids is 2. The van der Waals surface area contributed by atoms with Gasteiger partial charge in [0.15, 0.2) is 11.0 Å². The summed E-state index contributed by atoms with van der Waals surface area (Å²) in [5.41, 5.74) is 0.432. The molecule has 2 amide bonds. The van der Waals surface area contributed by atoms with E-state index in [1.54, 1.807) is 29.2 Å². The molecule has 0 bridgehead atoms. The van der Waals surface area contributed by atoms with Crippen molar-refractivity contribution < 1.29 is 14.0 Å². The number of fused-ring (bicyclic) bond motifs is 5. The zero-order valence-electron chi connectivity index (χ0n) is 19.2. The lowest BCUT2D eigenvalue weighted by Gasteiger charge is -2.34. The second kappa shape index (κ2) is 8.21. The Morgan fingerprint density at radius 3 is 2.50 bits per heavy atom. The van der Waals surface area contributed by atoms with Gasteiger partial charge in [0.05, 0.1) is 16.6 Å². The Bertz CT molecular complexity index is 1630. The fourth-order valence-corrected chi connectivity index (χ4v) is 5.63. The van der Waals surface area contributed by atoms with E-state index in [0.717, 1.165) is 5.56 Å². The van der Waals surface area contributed by atoms with Gasteiger partial charge < -0.3 is 14.2 Å². The summed E-state index contributed by atoms with van der Waals surface area (Å²) in [6, 6.07) is 21.7. The first kappa shape index (κ1) is 22.3. The summed E-state index contributed by atoms with van der Waals surface area (Å²) < 4.78 is 6.04. The Balaban J connectivity index is 1.65.